The van der Waals surface area contributed by atoms with E-state index in [0.29, 0.717) is 0 Å². The molecule has 0 aliphatic rings. The van der Waals surface area contributed by atoms with Crippen LogP contribution in [0.1, 0.15) is 0 Å². The zero-order chi connectivity index (χ0) is 0. The molecule has 0 rings (SSSR count). The smallest absolute Gasteiger partial charge is 0 e. The summed E-state index contributed by atoms with van der Waals surface area (Å²) in [6.07, 6.45) is 0. The van der Waals surface area contributed by atoms with Crippen LogP contribution in [-0.2, 0) is 41.2 Å². The average Bonchev–Trinajstić information content (AvgIpc) is 0. The van der Waals surface area contributed by atoms with Crippen molar-refractivity contribution in [2.24, 2.45) is 0 Å². The van der Waals surface area contributed by atoms with Gasteiger partial charge in [-0.25, -0.2) is 0 Å². The van der Waals surface area contributed by atoms with Crippen LogP contribution in [0.25, 0.3) is 0 Å². The zero-order valence-electron chi connectivity index (χ0n) is 1.64. The van der Waals surface area contributed by atoms with Gasteiger partial charge in [0.1, 0.15) is 0 Å². The molecule has 0 nitrogen and oxygen atoms in total. The van der Waals surface area contributed by atoms with Gasteiger partial charge in [-0.1, -0.05) is 0 Å². The van der Waals surface area contributed by atoms with E-state index in [9.17, 15) is 0 Å². The van der Waals surface area contributed by atoms with Crippen LogP contribution >= 0.6 is 19.8 Å². The fraction of sp³-hybridized carbons (Fsp3) is 0. The fourth-order valence-electron chi connectivity index (χ4n) is 0. The summed E-state index contributed by atoms with van der Waals surface area (Å²) < 4.78 is 0. The van der Waals surface area contributed by atoms with Gasteiger partial charge < -0.3 is 19.8 Å². The maximum atomic E-state index is 0. The van der Waals surface area contributed by atoms with Crippen molar-refractivity contribution < 1.29 is 41.2 Å². The van der Waals surface area contributed by atoms with Gasteiger partial charge in [0.15, 0.2) is 0 Å². The van der Waals surface area contributed by atoms with Crippen molar-refractivity contribution in [2.45, 2.75) is 0 Å². The largest absolute Gasteiger partial charge is 3.00 e. The molecule has 0 spiro atoms. The first kappa shape index (κ1) is 34.7. The minimum Gasteiger partial charge on any atom is -3.00 e. The predicted molar refractivity (Wildman–Crippen MR) is 13.8 cm³/mol. The third-order valence-corrected chi connectivity index (χ3v) is 0. The monoisotopic (exact) mass is 353 g/mol. The van der Waals surface area contributed by atoms with Gasteiger partial charge >= 0.3 is 0 Å². The molecule has 0 N–H and O–H groups in total. The van der Waals surface area contributed by atoms with Crippen molar-refractivity contribution in [2.75, 3.05) is 0 Å². The van der Waals surface area contributed by atoms with Crippen LogP contribution < -0.4 is 0 Å². The number of rotatable bonds is 0. The number of hydrogen-bond acceptors (Lipinski definition) is 0. The molecule has 4 heavy (non-hydrogen) atoms. The van der Waals surface area contributed by atoms with Crippen LogP contribution in [0.3, 0.4) is 0 Å². The van der Waals surface area contributed by atoms with E-state index >= 15 is 0 Å². The van der Waals surface area contributed by atoms with Gasteiger partial charge in [0.25, 0.3) is 0 Å². The van der Waals surface area contributed by atoms with Gasteiger partial charge in [-0.05, 0) is 0 Å². The molecule has 0 fully saturated rings. The van der Waals surface area contributed by atoms with Crippen LogP contribution in [0.5, 0.6) is 0 Å². The zero-order valence-corrected chi connectivity index (χ0v) is 7.83. The summed E-state index contributed by atoms with van der Waals surface area (Å²) in [5.41, 5.74) is 0. The van der Waals surface area contributed by atoms with E-state index < -0.39 is 0 Å². The van der Waals surface area contributed by atoms with Crippen molar-refractivity contribution in [3.05, 3.63) is 0 Å². The Balaban J connectivity index is 0. The third kappa shape index (κ3) is 8.89. The molecule has 0 aliphatic carbocycles. The Morgan fingerprint density at radius 2 is 0.750 bits per heavy atom. The maximum Gasteiger partial charge on any atom is 0 e. The van der Waals surface area contributed by atoms with Gasteiger partial charge in [0, 0.05) is 41.2 Å². The van der Waals surface area contributed by atoms with E-state index in [4.69, 9.17) is 0 Å². The summed E-state index contributed by atoms with van der Waals surface area (Å²) in [6.45, 7) is 0. The van der Waals surface area contributed by atoms with Crippen molar-refractivity contribution >= 4 is 19.8 Å². The second-order valence-corrected chi connectivity index (χ2v) is 0. The predicted octanol–water partition coefficient (Wildman–Crippen LogP) is 1.72. The third-order valence-electron chi connectivity index (χ3n) is 0. The molecule has 0 aliphatic heterocycles. The Labute approximate surface area is 60.7 Å². The maximum absolute atomic E-state index is 0. The topological polar surface area (TPSA) is 0 Å². The minimum absolute atomic E-state index is 0. The summed E-state index contributed by atoms with van der Waals surface area (Å²) in [6, 6.07) is 0. The summed E-state index contributed by atoms with van der Waals surface area (Å²) in [7, 11) is 0. The summed E-state index contributed by atoms with van der Waals surface area (Å²) in [4.78, 5) is 0. The minimum atomic E-state index is 0. The van der Waals surface area contributed by atoms with Crippen LogP contribution in [0.4, 0.5) is 0 Å². The summed E-state index contributed by atoms with van der Waals surface area (Å²) in [5, 5.41) is 0. The Bertz CT molecular complexity index is 6.00. The van der Waals surface area contributed by atoms with Crippen molar-refractivity contribution in [3.63, 3.8) is 0 Å². The normalized spacial score (nSPS) is 0. The van der Waals surface area contributed by atoms with E-state index in [1.807, 2.05) is 0 Å². The molecule has 0 aromatic carbocycles. The molecular weight excluding hydrogens is 350 g/mol. The Morgan fingerprint density at radius 3 is 0.750 bits per heavy atom. The second kappa shape index (κ2) is 19.0. The molecule has 0 bridgehead atoms. The van der Waals surface area contributed by atoms with E-state index in [0.717, 1.165) is 0 Å². The molecule has 0 heterocycles. The van der Waals surface area contributed by atoms with Crippen LogP contribution in [-0.4, -0.2) is 0 Å². The average molecular weight is 350 g/mol. The molecule has 0 amide bonds. The first-order valence-corrected chi connectivity index (χ1v) is 0. The Morgan fingerprint density at radius 1 is 0.750 bits per heavy atom. The second-order valence-electron chi connectivity index (χ2n) is 0. The standard InChI is InChI=1S/Ir.Mo.2P/q;;2*-3. The quantitative estimate of drug-likeness (QED) is 0.461. The van der Waals surface area contributed by atoms with Gasteiger partial charge in [0.2, 0.25) is 0 Å². The summed E-state index contributed by atoms with van der Waals surface area (Å²) >= 11 is 0. The molecule has 0 unspecified atom stereocenters. The Kier molecular flexibility index (Phi) is 164. The molecule has 0 atom stereocenters. The van der Waals surface area contributed by atoms with E-state index in [2.05, 4.69) is 0 Å². The molecule has 1 radical (unpaired) electrons. The van der Waals surface area contributed by atoms with E-state index in [-0.39, 0.29) is 61.0 Å². The van der Waals surface area contributed by atoms with Gasteiger partial charge in [-0.15, -0.1) is 0 Å². The van der Waals surface area contributed by atoms with Crippen molar-refractivity contribution in [1.29, 1.82) is 0 Å². The molecule has 0 aromatic rings. The SMILES string of the molecule is [Ir].[Mo].[P-3].[P-3]. The van der Waals surface area contributed by atoms with E-state index in [1.165, 1.54) is 0 Å². The summed E-state index contributed by atoms with van der Waals surface area (Å²) in [5.74, 6) is 0. The fourth-order valence-corrected chi connectivity index (χ4v) is 0. The van der Waals surface area contributed by atoms with Crippen molar-refractivity contribution in [3.8, 4) is 0 Å². The van der Waals surface area contributed by atoms with Gasteiger partial charge in [0.05, 0.1) is 0 Å². The first-order valence-electron chi connectivity index (χ1n) is 0. The van der Waals surface area contributed by atoms with Gasteiger partial charge in [-0.2, -0.15) is 0 Å². The van der Waals surface area contributed by atoms with Crippen LogP contribution in [0, 0.1) is 0 Å². The van der Waals surface area contributed by atoms with Gasteiger partial charge in [-0.3, -0.25) is 0 Å². The molecule has 4 heteroatoms. The van der Waals surface area contributed by atoms with E-state index in [1.54, 1.807) is 0 Å². The van der Waals surface area contributed by atoms with Crippen LogP contribution in [0.15, 0.2) is 0 Å². The molecular formula is IrMoP2-6. The van der Waals surface area contributed by atoms with Crippen molar-refractivity contribution in [1.82, 2.24) is 0 Å². The Hall–Kier alpha value is 2.20. The number of hydrogen-bond donors (Lipinski definition) is 0. The van der Waals surface area contributed by atoms with Crippen LogP contribution in [0.2, 0.25) is 0 Å². The molecule has 0 aromatic heterocycles. The molecule has 31 valence electrons. The molecule has 0 saturated carbocycles. The molecule has 0 saturated heterocycles. The first-order chi connectivity index (χ1) is 0.